The predicted molar refractivity (Wildman–Crippen MR) is 106 cm³/mol. The van der Waals surface area contributed by atoms with E-state index in [1.165, 1.54) is 0 Å². The van der Waals surface area contributed by atoms with Crippen LogP contribution in [-0.2, 0) is 17.6 Å². The normalized spacial score (nSPS) is 10.6. The van der Waals surface area contributed by atoms with Crippen LogP contribution < -0.4 is 20.3 Å². The molecule has 0 bridgehead atoms. The molecule has 0 spiro atoms. The van der Waals surface area contributed by atoms with Gasteiger partial charge in [-0.3, -0.25) is 9.59 Å². The summed E-state index contributed by atoms with van der Waals surface area (Å²) in [7, 11) is 3.13. The summed E-state index contributed by atoms with van der Waals surface area (Å²) < 4.78 is 10.5. The molecule has 3 aromatic rings. The molecule has 0 atom stereocenters. The van der Waals surface area contributed by atoms with Crippen molar-refractivity contribution in [2.24, 2.45) is 0 Å². The maximum Gasteiger partial charge on any atom is 0.248 e. The number of anilines is 1. The van der Waals surface area contributed by atoms with E-state index in [0.717, 1.165) is 22.9 Å². The molecule has 0 saturated carbocycles. The van der Waals surface area contributed by atoms with Gasteiger partial charge in [-0.15, -0.1) is 0 Å². The van der Waals surface area contributed by atoms with E-state index in [0.29, 0.717) is 22.7 Å². The Morgan fingerprint density at radius 2 is 1.81 bits per heavy atom. The molecule has 1 aromatic heterocycles. The Balaban J connectivity index is 1.79. The minimum atomic E-state index is -0.157. The van der Waals surface area contributed by atoms with E-state index < -0.39 is 0 Å². The van der Waals surface area contributed by atoms with Crippen LogP contribution >= 0.6 is 0 Å². The fourth-order valence-electron chi connectivity index (χ4n) is 3.08. The average Bonchev–Trinajstić information content (AvgIpc) is 2.66. The average molecular weight is 366 g/mol. The van der Waals surface area contributed by atoms with Crippen LogP contribution in [0.2, 0.25) is 0 Å². The van der Waals surface area contributed by atoms with Crippen molar-refractivity contribution >= 4 is 22.5 Å². The maximum atomic E-state index is 12.4. The number of benzene rings is 2. The van der Waals surface area contributed by atoms with E-state index in [-0.39, 0.29) is 17.9 Å². The summed E-state index contributed by atoms with van der Waals surface area (Å²) in [5.41, 5.74) is 3.00. The highest BCUT2D eigenvalue weighted by Gasteiger charge is 2.10. The molecule has 1 amide bonds. The second kappa shape index (κ2) is 7.95. The number of pyridine rings is 1. The summed E-state index contributed by atoms with van der Waals surface area (Å²) in [6.45, 7) is 2.01. The third-order valence-electron chi connectivity index (χ3n) is 4.41. The van der Waals surface area contributed by atoms with Crippen LogP contribution in [0.15, 0.2) is 47.3 Å². The van der Waals surface area contributed by atoms with Crippen molar-refractivity contribution in [1.29, 1.82) is 0 Å². The first-order valence-corrected chi connectivity index (χ1v) is 8.70. The molecule has 0 radical (unpaired) electrons. The largest absolute Gasteiger partial charge is 0.493 e. The molecule has 0 unspecified atom stereocenters. The number of ether oxygens (including phenoxy) is 2. The summed E-state index contributed by atoms with van der Waals surface area (Å²) in [5.74, 6) is 1.04. The minimum Gasteiger partial charge on any atom is -0.493 e. The zero-order chi connectivity index (χ0) is 19.4. The lowest BCUT2D eigenvalue weighted by Gasteiger charge is -2.11. The number of methoxy groups -OCH3 is 2. The van der Waals surface area contributed by atoms with Gasteiger partial charge in [0.25, 0.3) is 0 Å². The molecule has 3 rings (SSSR count). The quantitative estimate of drug-likeness (QED) is 0.701. The molecule has 0 saturated heterocycles. The van der Waals surface area contributed by atoms with Crippen molar-refractivity contribution in [3.05, 3.63) is 63.9 Å². The van der Waals surface area contributed by atoms with Crippen LogP contribution in [0.4, 0.5) is 5.69 Å². The van der Waals surface area contributed by atoms with E-state index >= 15 is 0 Å². The molecule has 140 valence electrons. The van der Waals surface area contributed by atoms with Crippen LogP contribution in [0.5, 0.6) is 11.5 Å². The van der Waals surface area contributed by atoms with Crippen molar-refractivity contribution in [1.82, 2.24) is 4.98 Å². The highest BCUT2D eigenvalue weighted by molar-refractivity contribution is 5.95. The van der Waals surface area contributed by atoms with Crippen LogP contribution in [0.3, 0.4) is 0 Å². The van der Waals surface area contributed by atoms with E-state index in [1.807, 2.05) is 25.1 Å². The van der Waals surface area contributed by atoms with Crippen LogP contribution in [0.1, 0.15) is 18.1 Å². The Hall–Kier alpha value is -3.28. The van der Waals surface area contributed by atoms with Gasteiger partial charge in [0, 0.05) is 17.1 Å². The number of rotatable bonds is 6. The number of fused-ring (bicyclic) bond motifs is 1. The minimum absolute atomic E-state index is 0.145. The number of carbonyl (C=O) groups is 1. The zero-order valence-corrected chi connectivity index (χ0v) is 15.6. The van der Waals surface area contributed by atoms with E-state index in [2.05, 4.69) is 10.3 Å². The fourth-order valence-corrected chi connectivity index (χ4v) is 3.08. The van der Waals surface area contributed by atoms with Crippen molar-refractivity contribution in [2.75, 3.05) is 19.5 Å². The van der Waals surface area contributed by atoms with Gasteiger partial charge in [0.2, 0.25) is 11.5 Å². The fraction of sp³-hybridized carbons (Fsp3) is 0.238. The van der Waals surface area contributed by atoms with Gasteiger partial charge in [-0.25, -0.2) is 0 Å². The number of hydrogen-bond acceptors (Lipinski definition) is 4. The topological polar surface area (TPSA) is 80.4 Å². The molecule has 1 heterocycles. The van der Waals surface area contributed by atoms with E-state index in [9.17, 15) is 9.59 Å². The third-order valence-corrected chi connectivity index (χ3v) is 4.41. The highest BCUT2D eigenvalue weighted by atomic mass is 16.5. The molecule has 0 aliphatic carbocycles. The lowest BCUT2D eigenvalue weighted by atomic mass is 10.1. The van der Waals surface area contributed by atoms with Crippen LogP contribution in [0.25, 0.3) is 10.9 Å². The van der Waals surface area contributed by atoms with Crippen molar-refractivity contribution in [2.45, 2.75) is 19.8 Å². The molecule has 2 aromatic carbocycles. The third kappa shape index (κ3) is 4.11. The first-order chi connectivity index (χ1) is 13.0. The van der Waals surface area contributed by atoms with Gasteiger partial charge in [0.05, 0.1) is 26.2 Å². The smallest absolute Gasteiger partial charge is 0.248 e. The number of H-pyrrole nitrogens is 1. The molecule has 0 aliphatic rings. The molecule has 0 aliphatic heterocycles. The molecule has 2 N–H and O–H groups in total. The number of aromatic amines is 1. The van der Waals surface area contributed by atoms with Crippen molar-refractivity contribution in [3.63, 3.8) is 0 Å². The number of aromatic nitrogens is 1. The molecular weight excluding hydrogens is 344 g/mol. The first kappa shape index (κ1) is 18.5. The predicted octanol–water partition coefficient (Wildman–Crippen LogP) is 3.29. The van der Waals surface area contributed by atoms with Gasteiger partial charge < -0.3 is 19.8 Å². The Kier molecular flexibility index (Phi) is 5.45. The summed E-state index contributed by atoms with van der Waals surface area (Å²) in [4.78, 5) is 27.0. The molecular formula is C21H22N2O4. The summed E-state index contributed by atoms with van der Waals surface area (Å²) in [6, 6.07) is 12.5. The van der Waals surface area contributed by atoms with Crippen molar-refractivity contribution in [3.8, 4) is 11.5 Å². The number of hydrogen-bond donors (Lipinski definition) is 2. The Morgan fingerprint density at radius 1 is 1.04 bits per heavy atom. The molecule has 6 heteroatoms. The standard InChI is InChI=1S/C21H22N2O4/c1-4-14-11-21(25)23-17-12-15(6-7-16(14)17)22-20(24)10-13-5-8-18(26-2)19(9-13)27-3/h5-9,11-12H,4,10H2,1-3H3,(H,22,24)(H,23,25). The maximum absolute atomic E-state index is 12.4. The SMILES string of the molecule is CCc1cc(=O)[nH]c2cc(NC(=O)Cc3ccc(OC)c(OC)c3)ccc12. The van der Waals surface area contributed by atoms with Gasteiger partial charge in [0.15, 0.2) is 11.5 Å². The summed E-state index contributed by atoms with van der Waals surface area (Å²) in [5, 5.41) is 3.85. The zero-order valence-electron chi connectivity index (χ0n) is 15.6. The van der Waals surface area contributed by atoms with Crippen molar-refractivity contribution < 1.29 is 14.3 Å². The van der Waals surface area contributed by atoms with E-state index in [4.69, 9.17) is 9.47 Å². The molecule has 0 fully saturated rings. The summed E-state index contributed by atoms with van der Waals surface area (Å²) in [6.07, 6.45) is 0.968. The van der Waals surface area contributed by atoms with Gasteiger partial charge in [-0.05, 0) is 41.8 Å². The number of aryl methyl sites for hydroxylation is 1. The van der Waals surface area contributed by atoms with Gasteiger partial charge in [0.1, 0.15) is 0 Å². The first-order valence-electron chi connectivity index (χ1n) is 8.70. The van der Waals surface area contributed by atoms with Crippen LogP contribution in [0, 0.1) is 0 Å². The number of nitrogens with one attached hydrogen (secondary N) is 2. The number of amides is 1. The Labute approximate surface area is 157 Å². The van der Waals surface area contributed by atoms with E-state index in [1.54, 1.807) is 38.5 Å². The lowest BCUT2D eigenvalue weighted by molar-refractivity contribution is -0.115. The van der Waals surface area contributed by atoms with Crippen LogP contribution in [-0.4, -0.2) is 25.1 Å². The van der Waals surface area contributed by atoms with Gasteiger partial charge in [-0.1, -0.05) is 19.1 Å². The Bertz CT molecular complexity index is 1040. The summed E-state index contributed by atoms with van der Waals surface area (Å²) >= 11 is 0. The highest BCUT2D eigenvalue weighted by Crippen LogP contribution is 2.28. The van der Waals surface area contributed by atoms with Gasteiger partial charge in [-0.2, -0.15) is 0 Å². The van der Waals surface area contributed by atoms with Gasteiger partial charge >= 0.3 is 0 Å². The molecule has 6 nitrogen and oxygen atoms in total. The lowest BCUT2D eigenvalue weighted by Crippen LogP contribution is -2.15. The number of carbonyl (C=O) groups excluding carboxylic acids is 1. The Morgan fingerprint density at radius 3 is 2.52 bits per heavy atom. The second-order valence-electron chi connectivity index (χ2n) is 6.19. The molecule has 27 heavy (non-hydrogen) atoms. The monoisotopic (exact) mass is 366 g/mol. The second-order valence-corrected chi connectivity index (χ2v) is 6.19.